The van der Waals surface area contributed by atoms with Gasteiger partial charge in [-0.2, -0.15) is 13.2 Å². The van der Waals surface area contributed by atoms with E-state index in [2.05, 4.69) is 11.4 Å². The Morgan fingerprint density at radius 2 is 1.61 bits per heavy atom. The van der Waals surface area contributed by atoms with Crippen molar-refractivity contribution in [3.05, 3.63) is 95.6 Å². The normalized spacial score (nSPS) is 11.6. The molecule has 31 heavy (non-hydrogen) atoms. The van der Waals surface area contributed by atoms with E-state index in [4.69, 9.17) is 9.72 Å². The van der Waals surface area contributed by atoms with Crippen molar-refractivity contribution >= 4 is 10.9 Å². The lowest BCUT2D eigenvalue weighted by molar-refractivity contribution is -0.137. The number of alkyl halides is 3. The molecule has 0 unspecified atom stereocenters. The van der Waals surface area contributed by atoms with Gasteiger partial charge in [-0.25, -0.2) is 4.98 Å². The summed E-state index contributed by atoms with van der Waals surface area (Å²) < 4.78 is 43.5. The maximum atomic E-state index is 12.7. The second-order valence-corrected chi connectivity index (χ2v) is 7.22. The predicted octanol–water partition coefficient (Wildman–Crippen LogP) is 6.22. The summed E-state index contributed by atoms with van der Waals surface area (Å²) in [7, 11) is 1.62. The molecule has 3 nitrogen and oxygen atoms in total. The molecule has 0 amide bonds. The Balaban J connectivity index is 1.58. The summed E-state index contributed by atoms with van der Waals surface area (Å²) in [4.78, 5) is 4.87. The number of fused-ring (bicyclic) bond motifs is 1. The van der Waals surface area contributed by atoms with Crippen molar-refractivity contribution in [1.82, 2.24) is 10.3 Å². The van der Waals surface area contributed by atoms with Crippen molar-refractivity contribution in [2.24, 2.45) is 0 Å². The number of ether oxygens (including phenoxy) is 1. The zero-order chi connectivity index (χ0) is 21.8. The van der Waals surface area contributed by atoms with Crippen molar-refractivity contribution in [1.29, 1.82) is 0 Å². The Kier molecular flexibility index (Phi) is 5.91. The van der Waals surface area contributed by atoms with Crippen LogP contribution in [0.25, 0.3) is 22.2 Å². The number of hydrogen-bond donors (Lipinski definition) is 1. The number of pyridine rings is 1. The van der Waals surface area contributed by atoms with Gasteiger partial charge in [0.1, 0.15) is 5.75 Å². The van der Waals surface area contributed by atoms with E-state index in [0.29, 0.717) is 13.1 Å². The monoisotopic (exact) mass is 422 g/mol. The fraction of sp³-hybridized carbons (Fsp3) is 0.160. The highest BCUT2D eigenvalue weighted by molar-refractivity contribution is 5.84. The molecule has 0 atom stereocenters. The van der Waals surface area contributed by atoms with Crippen molar-refractivity contribution < 1.29 is 17.9 Å². The van der Waals surface area contributed by atoms with Crippen LogP contribution in [0.4, 0.5) is 13.2 Å². The van der Waals surface area contributed by atoms with Gasteiger partial charge in [-0.15, -0.1) is 0 Å². The van der Waals surface area contributed by atoms with Crippen LogP contribution in [0.5, 0.6) is 5.75 Å². The first-order valence-corrected chi connectivity index (χ1v) is 9.84. The fourth-order valence-electron chi connectivity index (χ4n) is 3.45. The third-order valence-electron chi connectivity index (χ3n) is 5.08. The van der Waals surface area contributed by atoms with Crippen molar-refractivity contribution in [3.63, 3.8) is 0 Å². The van der Waals surface area contributed by atoms with Gasteiger partial charge in [-0.3, -0.25) is 0 Å². The van der Waals surface area contributed by atoms with Gasteiger partial charge in [-0.05, 0) is 41.5 Å². The van der Waals surface area contributed by atoms with Gasteiger partial charge in [0.15, 0.2) is 0 Å². The van der Waals surface area contributed by atoms with E-state index in [-0.39, 0.29) is 0 Å². The zero-order valence-electron chi connectivity index (χ0n) is 16.9. The number of nitrogens with zero attached hydrogens (tertiary/aromatic N) is 1. The zero-order valence-corrected chi connectivity index (χ0v) is 16.9. The van der Waals surface area contributed by atoms with E-state index < -0.39 is 11.7 Å². The van der Waals surface area contributed by atoms with Crippen LogP contribution in [0.3, 0.4) is 0 Å². The molecule has 3 aromatic carbocycles. The quantitative estimate of drug-likeness (QED) is 0.401. The number of rotatable bonds is 6. The predicted molar refractivity (Wildman–Crippen MR) is 116 cm³/mol. The Morgan fingerprint density at radius 1 is 0.871 bits per heavy atom. The highest BCUT2D eigenvalue weighted by atomic mass is 19.4. The number of aromatic nitrogens is 1. The van der Waals surface area contributed by atoms with Crippen LogP contribution in [0.1, 0.15) is 16.7 Å². The summed E-state index contributed by atoms with van der Waals surface area (Å²) in [5, 5.41) is 4.32. The van der Waals surface area contributed by atoms with E-state index in [9.17, 15) is 13.2 Å². The summed E-state index contributed by atoms with van der Waals surface area (Å²) in [6, 6.07) is 23.0. The molecule has 0 bridgehead atoms. The Labute approximate surface area is 178 Å². The summed E-state index contributed by atoms with van der Waals surface area (Å²) in [6.45, 7) is 0.979. The van der Waals surface area contributed by atoms with Gasteiger partial charge in [0, 0.05) is 30.1 Å². The molecule has 0 aliphatic rings. The molecule has 0 spiro atoms. The SMILES string of the molecule is COc1ccc2cc(CNCc3ccc(C(F)(F)F)cc3)c(-c3ccccc3)nc2c1. The molecule has 0 saturated carbocycles. The van der Waals surface area contributed by atoms with E-state index in [0.717, 1.165) is 51.2 Å². The third kappa shape index (κ3) is 4.86. The molecule has 0 saturated heterocycles. The molecule has 0 radical (unpaired) electrons. The van der Waals surface area contributed by atoms with E-state index in [1.54, 1.807) is 7.11 Å². The number of methoxy groups -OCH3 is 1. The second-order valence-electron chi connectivity index (χ2n) is 7.22. The summed E-state index contributed by atoms with van der Waals surface area (Å²) >= 11 is 0. The summed E-state index contributed by atoms with van der Waals surface area (Å²) in [6.07, 6.45) is -4.32. The smallest absolute Gasteiger partial charge is 0.416 e. The fourth-order valence-corrected chi connectivity index (χ4v) is 3.45. The first-order valence-electron chi connectivity index (χ1n) is 9.84. The highest BCUT2D eigenvalue weighted by Gasteiger charge is 2.29. The highest BCUT2D eigenvalue weighted by Crippen LogP contribution is 2.30. The van der Waals surface area contributed by atoms with Crippen molar-refractivity contribution in [3.8, 4) is 17.0 Å². The lowest BCUT2D eigenvalue weighted by Crippen LogP contribution is -2.14. The molecule has 0 aliphatic heterocycles. The minimum atomic E-state index is -4.32. The van der Waals surface area contributed by atoms with Gasteiger partial charge in [0.25, 0.3) is 0 Å². The maximum Gasteiger partial charge on any atom is 0.416 e. The van der Waals surface area contributed by atoms with Crippen LogP contribution in [-0.2, 0) is 19.3 Å². The number of benzene rings is 3. The summed E-state index contributed by atoms with van der Waals surface area (Å²) in [5.41, 5.74) is 3.85. The number of hydrogen-bond acceptors (Lipinski definition) is 3. The molecule has 158 valence electrons. The van der Waals surface area contributed by atoms with Crippen LogP contribution < -0.4 is 10.1 Å². The Bertz CT molecular complexity index is 1170. The van der Waals surface area contributed by atoms with Gasteiger partial charge in [0.05, 0.1) is 23.9 Å². The average molecular weight is 422 g/mol. The lowest BCUT2D eigenvalue weighted by atomic mass is 10.0. The largest absolute Gasteiger partial charge is 0.497 e. The van der Waals surface area contributed by atoms with Gasteiger partial charge in [-0.1, -0.05) is 42.5 Å². The second kappa shape index (κ2) is 8.78. The average Bonchev–Trinajstić information content (AvgIpc) is 2.78. The van der Waals surface area contributed by atoms with Crippen molar-refractivity contribution in [2.45, 2.75) is 19.3 Å². The molecule has 6 heteroatoms. The molecular formula is C25H21F3N2O. The van der Waals surface area contributed by atoms with E-state index in [1.807, 2.05) is 48.5 Å². The van der Waals surface area contributed by atoms with Gasteiger partial charge < -0.3 is 10.1 Å². The Hall–Kier alpha value is -3.38. The molecule has 4 aromatic rings. The lowest BCUT2D eigenvalue weighted by Gasteiger charge is -2.13. The van der Waals surface area contributed by atoms with Crippen molar-refractivity contribution in [2.75, 3.05) is 7.11 Å². The maximum absolute atomic E-state index is 12.7. The number of nitrogens with one attached hydrogen (secondary N) is 1. The molecule has 4 rings (SSSR count). The van der Waals surface area contributed by atoms with Crippen LogP contribution >= 0.6 is 0 Å². The molecule has 1 heterocycles. The first-order chi connectivity index (χ1) is 14.9. The molecule has 0 fully saturated rings. The van der Waals surface area contributed by atoms with E-state index >= 15 is 0 Å². The van der Waals surface area contributed by atoms with Crippen LogP contribution in [-0.4, -0.2) is 12.1 Å². The van der Waals surface area contributed by atoms with Gasteiger partial charge >= 0.3 is 6.18 Å². The molecule has 1 aromatic heterocycles. The summed E-state index contributed by atoms with van der Waals surface area (Å²) in [5.74, 6) is 0.743. The minimum Gasteiger partial charge on any atom is -0.497 e. The Morgan fingerprint density at radius 3 is 2.29 bits per heavy atom. The standard InChI is InChI=1S/C25H21F3N2O/c1-31-22-12-9-19-13-20(24(30-23(19)14-22)18-5-3-2-4-6-18)16-29-15-17-7-10-21(11-8-17)25(26,27)28/h2-14,29H,15-16H2,1H3. The first kappa shape index (κ1) is 20.9. The molecule has 1 N–H and O–H groups in total. The molecule has 0 aliphatic carbocycles. The number of halogens is 3. The van der Waals surface area contributed by atoms with E-state index in [1.165, 1.54) is 12.1 Å². The minimum absolute atomic E-state index is 0.451. The van der Waals surface area contributed by atoms with Crippen LogP contribution in [0.2, 0.25) is 0 Å². The van der Waals surface area contributed by atoms with Gasteiger partial charge in [0.2, 0.25) is 0 Å². The third-order valence-corrected chi connectivity index (χ3v) is 5.08. The molecular weight excluding hydrogens is 401 g/mol. The topological polar surface area (TPSA) is 34.1 Å². The van der Waals surface area contributed by atoms with Crippen LogP contribution in [0.15, 0.2) is 78.9 Å². The van der Waals surface area contributed by atoms with Crippen LogP contribution in [0, 0.1) is 0 Å².